The predicted octanol–water partition coefficient (Wildman–Crippen LogP) is 2.41. The molecule has 1 aromatic carbocycles. The molecule has 1 aromatic rings. The Morgan fingerprint density at radius 2 is 1.84 bits per heavy atom. The molecule has 0 aromatic heterocycles. The minimum atomic E-state index is -0.892. The Bertz CT molecular complexity index is 436. The number of thioether (sulfide) groups is 1. The summed E-state index contributed by atoms with van der Waals surface area (Å²) in [5, 5.41) is 8.21. The lowest BCUT2D eigenvalue weighted by Crippen LogP contribution is -2.32. The molecule has 0 bridgehead atoms. The van der Waals surface area contributed by atoms with Crippen LogP contribution < -0.4 is 0 Å². The van der Waals surface area contributed by atoms with Crippen molar-refractivity contribution in [3.05, 3.63) is 35.9 Å². The molecule has 19 heavy (non-hydrogen) atoms. The third kappa shape index (κ3) is 4.59. The molecule has 0 saturated carbocycles. The number of benzene rings is 1. The van der Waals surface area contributed by atoms with E-state index in [0.29, 0.717) is 0 Å². The van der Waals surface area contributed by atoms with Gasteiger partial charge >= 0.3 is 5.97 Å². The van der Waals surface area contributed by atoms with Crippen molar-refractivity contribution in [2.45, 2.75) is 25.1 Å². The lowest BCUT2D eigenvalue weighted by Gasteiger charge is -2.25. The van der Waals surface area contributed by atoms with E-state index in [1.165, 1.54) is 0 Å². The molecule has 0 fully saturated rings. The Kier molecular flexibility index (Phi) is 5.89. The molecule has 2 unspecified atom stereocenters. The Morgan fingerprint density at radius 3 is 2.37 bits per heavy atom. The highest BCUT2D eigenvalue weighted by Gasteiger charge is 2.19. The number of aliphatic carboxylic acids is 1. The molecule has 0 saturated heterocycles. The van der Waals surface area contributed by atoms with Gasteiger partial charge in [-0.1, -0.05) is 30.3 Å². The van der Waals surface area contributed by atoms with E-state index >= 15 is 0 Å². The number of hydrogen-bond donors (Lipinski definition) is 1. The van der Waals surface area contributed by atoms with Crippen molar-refractivity contribution in [2.75, 3.05) is 12.8 Å². The largest absolute Gasteiger partial charge is 0.480 e. The fourth-order valence-electron chi connectivity index (χ4n) is 1.54. The van der Waals surface area contributed by atoms with Gasteiger partial charge in [-0.25, -0.2) is 0 Å². The Hall–Kier alpha value is -1.49. The van der Waals surface area contributed by atoms with Crippen molar-refractivity contribution in [1.29, 1.82) is 0 Å². The smallest absolute Gasteiger partial charge is 0.316 e. The van der Waals surface area contributed by atoms with Crippen LogP contribution in [-0.2, 0) is 9.59 Å². The molecule has 104 valence electrons. The monoisotopic (exact) mass is 281 g/mol. The first kappa shape index (κ1) is 15.6. The second kappa shape index (κ2) is 7.19. The first-order chi connectivity index (χ1) is 8.93. The molecule has 5 heteroatoms. The van der Waals surface area contributed by atoms with Gasteiger partial charge in [-0.05, 0) is 19.4 Å². The highest BCUT2D eigenvalue weighted by molar-refractivity contribution is 8.01. The Balaban J connectivity index is 2.55. The van der Waals surface area contributed by atoms with Gasteiger partial charge in [0, 0.05) is 7.05 Å². The van der Waals surface area contributed by atoms with Crippen molar-refractivity contribution in [3.8, 4) is 0 Å². The number of hydrogen-bond acceptors (Lipinski definition) is 3. The number of carboxylic acid groups (broad SMARTS) is 1. The van der Waals surface area contributed by atoms with Crippen molar-refractivity contribution in [1.82, 2.24) is 4.90 Å². The number of amides is 1. The fraction of sp³-hybridized carbons (Fsp3) is 0.429. The summed E-state index contributed by atoms with van der Waals surface area (Å²) in [4.78, 5) is 24.3. The minimum absolute atomic E-state index is 0.0190. The molecule has 0 aliphatic rings. The van der Waals surface area contributed by atoms with Gasteiger partial charge in [0.1, 0.15) is 0 Å². The van der Waals surface area contributed by atoms with Crippen LogP contribution in [0.2, 0.25) is 0 Å². The third-order valence-electron chi connectivity index (χ3n) is 3.06. The van der Waals surface area contributed by atoms with Gasteiger partial charge in [0.05, 0.1) is 17.0 Å². The van der Waals surface area contributed by atoms with Crippen molar-refractivity contribution in [2.24, 2.45) is 0 Å². The summed E-state index contributed by atoms with van der Waals surface area (Å²) in [7, 11) is 1.74. The van der Waals surface area contributed by atoms with E-state index in [9.17, 15) is 9.59 Å². The molecule has 4 nitrogen and oxygen atoms in total. The van der Waals surface area contributed by atoms with E-state index in [1.54, 1.807) is 18.9 Å². The minimum Gasteiger partial charge on any atom is -0.480 e. The van der Waals surface area contributed by atoms with Crippen LogP contribution in [0, 0.1) is 0 Å². The van der Waals surface area contributed by atoms with E-state index in [0.717, 1.165) is 17.3 Å². The summed E-state index contributed by atoms with van der Waals surface area (Å²) in [6.45, 7) is 3.54. The number of carbonyl (C=O) groups excluding carboxylic acids is 1. The zero-order valence-corrected chi connectivity index (χ0v) is 12.2. The second-order valence-electron chi connectivity index (χ2n) is 4.38. The molecular formula is C14H19NO3S. The van der Waals surface area contributed by atoms with Gasteiger partial charge in [0.2, 0.25) is 5.91 Å². The number of nitrogens with zero attached hydrogens (tertiary/aromatic N) is 1. The average Bonchev–Trinajstić information content (AvgIpc) is 2.43. The number of carboxylic acids is 1. The van der Waals surface area contributed by atoms with E-state index in [2.05, 4.69) is 0 Å². The zero-order valence-electron chi connectivity index (χ0n) is 11.4. The van der Waals surface area contributed by atoms with Crippen LogP contribution in [-0.4, -0.2) is 39.9 Å². The normalized spacial score (nSPS) is 13.6. The van der Waals surface area contributed by atoms with E-state index in [1.807, 2.05) is 37.3 Å². The van der Waals surface area contributed by atoms with E-state index < -0.39 is 11.2 Å². The highest BCUT2D eigenvalue weighted by atomic mass is 32.2. The molecule has 1 N–H and O–H groups in total. The molecular weight excluding hydrogens is 262 g/mol. The van der Waals surface area contributed by atoms with Crippen LogP contribution in [0.1, 0.15) is 25.5 Å². The molecule has 0 radical (unpaired) electrons. The first-order valence-corrected chi connectivity index (χ1v) is 7.13. The van der Waals surface area contributed by atoms with Gasteiger partial charge < -0.3 is 10.0 Å². The molecule has 0 heterocycles. The summed E-state index contributed by atoms with van der Waals surface area (Å²) in [6, 6.07) is 9.73. The maximum Gasteiger partial charge on any atom is 0.316 e. The fourth-order valence-corrected chi connectivity index (χ4v) is 2.28. The third-order valence-corrected chi connectivity index (χ3v) is 4.18. The second-order valence-corrected chi connectivity index (χ2v) is 5.71. The topological polar surface area (TPSA) is 57.6 Å². The van der Waals surface area contributed by atoms with Crippen LogP contribution >= 0.6 is 11.8 Å². The summed E-state index contributed by atoms with van der Waals surface area (Å²) < 4.78 is 0. The van der Waals surface area contributed by atoms with Crippen LogP contribution in [0.15, 0.2) is 30.3 Å². The van der Waals surface area contributed by atoms with Crippen LogP contribution in [0.4, 0.5) is 0 Å². The average molecular weight is 281 g/mol. The van der Waals surface area contributed by atoms with Crippen LogP contribution in [0.25, 0.3) is 0 Å². The van der Waals surface area contributed by atoms with Gasteiger partial charge in [-0.2, -0.15) is 0 Å². The first-order valence-electron chi connectivity index (χ1n) is 6.08. The maximum atomic E-state index is 12.0. The molecule has 0 aliphatic heterocycles. The Labute approximate surface area is 117 Å². The van der Waals surface area contributed by atoms with E-state index in [4.69, 9.17) is 5.11 Å². The molecule has 0 spiro atoms. The van der Waals surface area contributed by atoms with Crippen LogP contribution in [0.5, 0.6) is 0 Å². The summed E-state index contributed by atoms with van der Waals surface area (Å²) in [5.74, 6) is -0.771. The molecule has 1 amide bonds. The van der Waals surface area contributed by atoms with Gasteiger partial charge in [0.15, 0.2) is 0 Å². The molecule has 1 rings (SSSR count). The van der Waals surface area contributed by atoms with Crippen LogP contribution in [0.3, 0.4) is 0 Å². The lowest BCUT2D eigenvalue weighted by atomic mass is 10.1. The summed E-state index contributed by atoms with van der Waals surface area (Å²) in [5.41, 5.74) is 1.06. The van der Waals surface area contributed by atoms with Gasteiger partial charge in [0.25, 0.3) is 0 Å². The van der Waals surface area contributed by atoms with Gasteiger partial charge in [-0.3, -0.25) is 9.59 Å². The van der Waals surface area contributed by atoms with Crippen molar-refractivity contribution < 1.29 is 14.7 Å². The Morgan fingerprint density at radius 1 is 1.26 bits per heavy atom. The molecule has 2 atom stereocenters. The van der Waals surface area contributed by atoms with Crippen molar-refractivity contribution >= 4 is 23.6 Å². The number of rotatable bonds is 6. The lowest BCUT2D eigenvalue weighted by molar-refractivity contribution is -0.136. The zero-order chi connectivity index (χ0) is 14.4. The SMILES string of the molecule is CC(SCC(=O)N(C)C(C)c1ccccc1)C(=O)O. The maximum absolute atomic E-state index is 12.0. The van der Waals surface area contributed by atoms with E-state index in [-0.39, 0.29) is 17.7 Å². The quantitative estimate of drug-likeness (QED) is 0.870. The standard InChI is InChI=1S/C14H19NO3S/c1-10(12-7-5-4-6-8-12)15(3)13(16)9-19-11(2)14(17)18/h4-8,10-11H,9H2,1-3H3,(H,17,18). The number of carbonyl (C=O) groups is 2. The summed E-state index contributed by atoms with van der Waals surface area (Å²) >= 11 is 1.14. The highest BCUT2D eigenvalue weighted by Crippen LogP contribution is 2.20. The molecule has 0 aliphatic carbocycles. The predicted molar refractivity (Wildman–Crippen MR) is 77.2 cm³/mol. The van der Waals surface area contributed by atoms with Crippen molar-refractivity contribution in [3.63, 3.8) is 0 Å². The summed E-state index contributed by atoms with van der Waals surface area (Å²) in [6.07, 6.45) is 0. The van der Waals surface area contributed by atoms with Gasteiger partial charge in [-0.15, -0.1) is 11.8 Å².